The van der Waals surface area contributed by atoms with Gasteiger partial charge in [0, 0.05) is 6.08 Å². The second-order valence-corrected chi connectivity index (χ2v) is 2.07. The van der Waals surface area contributed by atoms with Crippen molar-refractivity contribution in [2.75, 3.05) is 0 Å². The van der Waals surface area contributed by atoms with Gasteiger partial charge in [-0.2, -0.15) is 0 Å². The summed E-state index contributed by atoms with van der Waals surface area (Å²) in [5, 5.41) is -0.317. The Bertz CT molecular complexity index is 218. The Morgan fingerprint density at radius 2 is 2.09 bits per heavy atom. The molecule has 4 heteroatoms. The maximum atomic E-state index is 10.5. The largest absolute Gasteiger partial charge is 0.386 e. The summed E-state index contributed by atoms with van der Waals surface area (Å²) in [7, 11) is 0. The fourth-order valence-corrected chi connectivity index (χ4v) is 0.355. The van der Waals surface area contributed by atoms with Crippen LogP contribution >= 0.6 is 11.6 Å². The van der Waals surface area contributed by atoms with Gasteiger partial charge >= 0.3 is 11.9 Å². The van der Waals surface area contributed by atoms with E-state index in [1.54, 1.807) is 6.92 Å². The van der Waals surface area contributed by atoms with Crippen molar-refractivity contribution < 1.29 is 14.3 Å². The lowest BCUT2D eigenvalue weighted by Gasteiger charge is -1.94. The minimum atomic E-state index is -0.922. The summed E-state index contributed by atoms with van der Waals surface area (Å²) in [4.78, 5) is 21.0. The van der Waals surface area contributed by atoms with Gasteiger partial charge in [-0.3, -0.25) is 0 Å². The quantitative estimate of drug-likeness (QED) is 0.361. The third-order valence-electron chi connectivity index (χ3n) is 0.718. The van der Waals surface area contributed by atoms with Crippen LogP contribution < -0.4 is 0 Å². The lowest BCUT2D eigenvalue weighted by Crippen LogP contribution is -2.09. The Kier molecular flexibility index (Phi) is 4.22. The lowest BCUT2D eigenvalue weighted by atomic mass is 10.5. The van der Waals surface area contributed by atoms with Gasteiger partial charge in [0.15, 0.2) is 0 Å². The van der Waals surface area contributed by atoms with E-state index >= 15 is 0 Å². The van der Waals surface area contributed by atoms with Crippen LogP contribution in [0.25, 0.3) is 0 Å². The molecule has 11 heavy (non-hydrogen) atoms. The Morgan fingerprint density at radius 1 is 1.55 bits per heavy atom. The van der Waals surface area contributed by atoms with Crippen molar-refractivity contribution in [1.82, 2.24) is 0 Å². The first kappa shape index (κ1) is 9.91. The van der Waals surface area contributed by atoms with Crippen LogP contribution in [-0.4, -0.2) is 11.9 Å². The van der Waals surface area contributed by atoms with Crippen molar-refractivity contribution in [3.63, 3.8) is 0 Å². The first-order chi connectivity index (χ1) is 5.07. The zero-order chi connectivity index (χ0) is 8.85. The van der Waals surface area contributed by atoms with Crippen LogP contribution in [0.15, 0.2) is 23.8 Å². The topological polar surface area (TPSA) is 43.4 Å². The highest BCUT2D eigenvalue weighted by molar-refractivity contribution is 6.41. The molecule has 0 aliphatic rings. The number of esters is 2. The molecule has 0 aromatic heterocycles. The average Bonchev–Trinajstić information content (AvgIpc) is 1.87. The number of carbonyl (C=O) groups is 2. The molecule has 0 aliphatic carbocycles. The molecule has 0 radical (unpaired) electrons. The molecule has 0 rings (SSSR count). The molecule has 0 saturated carbocycles. The van der Waals surface area contributed by atoms with Gasteiger partial charge in [0.2, 0.25) is 0 Å². The van der Waals surface area contributed by atoms with E-state index in [4.69, 9.17) is 11.6 Å². The Balaban J connectivity index is 3.96. The number of halogens is 1. The van der Waals surface area contributed by atoms with Crippen molar-refractivity contribution in [1.29, 1.82) is 0 Å². The summed E-state index contributed by atoms with van der Waals surface area (Å²) in [5.74, 6) is -1.67. The highest BCUT2D eigenvalue weighted by atomic mass is 35.5. The predicted octanol–water partition coefficient (Wildman–Crippen LogP) is 1.38. The number of hydrogen-bond acceptors (Lipinski definition) is 3. The molecule has 0 aliphatic heterocycles. The van der Waals surface area contributed by atoms with Gasteiger partial charge in [-0.05, 0) is 6.92 Å². The van der Waals surface area contributed by atoms with Crippen molar-refractivity contribution in [3.05, 3.63) is 23.8 Å². The van der Waals surface area contributed by atoms with E-state index in [2.05, 4.69) is 11.3 Å². The molecular formula is C7H7ClO3. The van der Waals surface area contributed by atoms with E-state index in [1.807, 2.05) is 0 Å². The van der Waals surface area contributed by atoms with Crippen LogP contribution in [0.4, 0.5) is 0 Å². The second-order valence-electron chi connectivity index (χ2n) is 1.61. The van der Waals surface area contributed by atoms with E-state index in [0.29, 0.717) is 0 Å². The van der Waals surface area contributed by atoms with Crippen LogP contribution in [0.1, 0.15) is 6.92 Å². The van der Waals surface area contributed by atoms with Crippen molar-refractivity contribution >= 4 is 23.5 Å². The second kappa shape index (κ2) is 4.68. The van der Waals surface area contributed by atoms with E-state index < -0.39 is 11.9 Å². The number of allylic oxidation sites excluding steroid dienone is 1. The molecule has 0 aromatic carbocycles. The van der Waals surface area contributed by atoms with Crippen molar-refractivity contribution in [3.8, 4) is 0 Å². The van der Waals surface area contributed by atoms with Gasteiger partial charge in [0.1, 0.15) is 5.03 Å². The Hall–Kier alpha value is -1.09. The smallest absolute Gasteiger partial charge is 0.356 e. The van der Waals surface area contributed by atoms with Crippen LogP contribution in [0.3, 0.4) is 0 Å². The van der Waals surface area contributed by atoms with Gasteiger partial charge < -0.3 is 4.74 Å². The summed E-state index contributed by atoms with van der Waals surface area (Å²) in [6.07, 6.45) is 2.56. The normalized spacial score (nSPS) is 9.64. The summed E-state index contributed by atoms with van der Waals surface area (Å²) < 4.78 is 4.16. The highest BCUT2D eigenvalue weighted by Gasteiger charge is 2.08. The summed E-state index contributed by atoms with van der Waals surface area (Å²) in [6.45, 7) is 4.71. The van der Waals surface area contributed by atoms with E-state index in [0.717, 1.165) is 6.08 Å². The maximum absolute atomic E-state index is 10.5. The molecule has 0 bridgehead atoms. The summed E-state index contributed by atoms with van der Waals surface area (Å²) in [6, 6.07) is 0. The van der Waals surface area contributed by atoms with E-state index in [1.165, 1.54) is 6.08 Å². The monoisotopic (exact) mass is 174 g/mol. The average molecular weight is 175 g/mol. The molecule has 60 valence electrons. The SMILES string of the molecule is C=C(Cl)C(=O)OC(=O)C=CC. The van der Waals surface area contributed by atoms with Crippen LogP contribution in [0.5, 0.6) is 0 Å². The molecule has 0 aromatic rings. The standard InChI is InChI=1S/C7H7ClO3/c1-3-4-6(9)11-7(10)5(2)8/h3-4H,2H2,1H3. The molecule has 0 heterocycles. The maximum Gasteiger partial charge on any atom is 0.356 e. The first-order valence-corrected chi connectivity index (χ1v) is 3.19. The summed E-state index contributed by atoms with van der Waals surface area (Å²) in [5.41, 5.74) is 0. The molecule has 0 atom stereocenters. The van der Waals surface area contributed by atoms with Crippen LogP contribution in [0.2, 0.25) is 0 Å². The van der Waals surface area contributed by atoms with E-state index in [9.17, 15) is 9.59 Å². The zero-order valence-electron chi connectivity index (χ0n) is 5.96. The van der Waals surface area contributed by atoms with Gasteiger partial charge in [0.25, 0.3) is 0 Å². The minimum absolute atomic E-state index is 0.317. The highest BCUT2D eigenvalue weighted by Crippen LogP contribution is 1.99. The summed E-state index contributed by atoms with van der Waals surface area (Å²) >= 11 is 5.13. The Morgan fingerprint density at radius 3 is 2.45 bits per heavy atom. The van der Waals surface area contributed by atoms with Crippen molar-refractivity contribution in [2.24, 2.45) is 0 Å². The number of rotatable bonds is 2. The molecule has 0 N–H and O–H groups in total. The molecule has 3 nitrogen and oxygen atoms in total. The fraction of sp³-hybridized carbons (Fsp3) is 0.143. The molecule has 0 fully saturated rings. The molecule has 0 spiro atoms. The number of hydrogen-bond donors (Lipinski definition) is 0. The third kappa shape index (κ3) is 4.33. The molecule has 0 saturated heterocycles. The molecule has 0 amide bonds. The molecule has 0 unspecified atom stereocenters. The van der Waals surface area contributed by atoms with Gasteiger partial charge in [-0.15, -0.1) is 0 Å². The fourth-order valence-electron chi connectivity index (χ4n) is 0.317. The predicted molar refractivity (Wildman–Crippen MR) is 40.9 cm³/mol. The van der Waals surface area contributed by atoms with Gasteiger partial charge in [-0.25, -0.2) is 9.59 Å². The van der Waals surface area contributed by atoms with Gasteiger partial charge in [0.05, 0.1) is 0 Å². The first-order valence-electron chi connectivity index (χ1n) is 2.81. The van der Waals surface area contributed by atoms with Crippen molar-refractivity contribution in [2.45, 2.75) is 6.92 Å². The zero-order valence-corrected chi connectivity index (χ0v) is 6.72. The molecular weight excluding hydrogens is 168 g/mol. The number of carbonyl (C=O) groups excluding carboxylic acids is 2. The van der Waals surface area contributed by atoms with E-state index in [-0.39, 0.29) is 5.03 Å². The number of ether oxygens (including phenoxy) is 1. The minimum Gasteiger partial charge on any atom is -0.386 e. The van der Waals surface area contributed by atoms with Crippen LogP contribution in [0, 0.1) is 0 Å². The van der Waals surface area contributed by atoms with Crippen LogP contribution in [-0.2, 0) is 14.3 Å². The van der Waals surface area contributed by atoms with Gasteiger partial charge in [-0.1, -0.05) is 24.3 Å². The lowest BCUT2D eigenvalue weighted by molar-refractivity contribution is -0.152. The third-order valence-corrected chi connectivity index (χ3v) is 0.872. The Labute approximate surface area is 69.3 Å².